The number of aryl methyl sites for hydroxylation is 1. The lowest BCUT2D eigenvalue weighted by Crippen LogP contribution is -2.46. The zero-order valence-corrected chi connectivity index (χ0v) is 16.2. The fraction of sp³-hybridized carbons (Fsp3) is 0.286. The van der Waals surface area contributed by atoms with Gasteiger partial charge in [-0.15, -0.1) is 0 Å². The van der Waals surface area contributed by atoms with E-state index < -0.39 is 10.0 Å². The Morgan fingerprint density at radius 2 is 1.67 bits per heavy atom. The Labute approximate surface area is 160 Å². The second kappa shape index (κ2) is 8.50. The van der Waals surface area contributed by atoms with Crippen LogP contribution in [-0.4, -0.2) is 38.4 Å². The molecule has 1 amide bonds. The summed E-state index contributed by atoms with van der Waals surface area (Å²) in [4.78, 5) is 14.4. The van der Waals surface area contributed by atoms with Crippen LogP contribution in [0.2, 0.25) is 0 Å². The van der Waals surface area contributed by atoms with Crippen molar-refractivity contribution in [1.82, 2.24) is 9.62 Å². The van der Waals surface area contributed by atoms with E-state index in [0.29, 0.717) is 25.9 Å². The number of rotatable bonds is 5. The van der Waals surface area contributed by atoms with Crippen LogP contribution in [0.3, 0.4) is 0 Å². The first kappa shape index (κ1) is 19.3. The molecular weight excluding hydrogens is 360 g/mol. The van der Waals surface area contributed by atoms with Crippen molar-refractivity contribution in [1.29, 1.82) is 0 Å². The third kappa shape index (κ3) is 5.28. The normalized spacial score (nSPS) is 16.0. The molecule has 0 bridgehead atoms. The molecule has 0 spiro atoms. The summed E-state index contributed by atoms with van der Waals surface area (Å²) in [5, 5.41) is 0. The molecule has 0 radical (unpaired) electrons. The van der Waals surface area contributed by atoms with Gasteiger partial charge in [-0.1, -0.05) is 48.0 Å². The summed E-state index contributed by atoms with van der Waals surface area (Å²) in [5.41, 5.74) is 2.16. The van der Waals surface area contributed by atoms with Gasteiger partial charge in [0.25, 0.3) is 0 Å². The highest BCUT2D eigenvalue weighted by molar-refractivity contribution is 7.89. The number of benzene rings is 2. The molecule has 1 saturated heterocycles. The summed E-state index contributed by atoms with van der Waals surface area (Å²) >= 11 is 0. The first-order valence-corrected chi connectivity index (χ1v) is 10.5. The second-order valence-electron chi connectivity index (χ2n) is 6.78. The molecule has 0 atom stereocenters. The zero-order chi connectivity index (χ0) is 19.3. The lowest BCUT2D eigenvalue weighted by molar-refractivity contribution is -0.126. The molecule has 2 aromatic rings. The highest BCUT2D eigenvalue weighted by atomic mass is 32.2. The van der Waals surface area contributed by atoms with Crippen molar-refractivity contribution in [3.63, 3.8) is 0 Å². The standard InChI is InChI=1S/C21H24N2O3S/c1-17-7-9-18(10-8-17)11-12-21(24)23-15-13-19(14-16-23)22-27(25,26)20-5-3-2-4-6-20/h2-12,19,22H,13-16H2,1H3/b12-11+. The van der Waals surface area contributed by atoms with Crippen LogP contribution < -0.4 is 4.72 Å². The predicted molar refractivity (Wildman–Crippen MR) is 107 cm³/mol. The number of hydrogen-bond donors (Lipinski definition) is 1. The van der Waals surface area contributed by atoms with Crippen LogP contribution in [0.5, 0.6) is 0 Å². The van der Waals surface area contributed by atoms with Crippen molar-refractivity contribution in [3.05, 3.63) is 71.8 Å². The van der Waals surface area contributed by atoms with Gasteiger partial charge in [-0.05, 0) is 43.5 Å². The largest absolute Gasteiger partial charge is 0.339 e. The molecule has 1 heterocycles. The van der Waals surface area contributed by atoms with Gasteiger partial charge in [0.05, 0.1) is 4.90 Å². The van der Waals surface area contributed by atoms with Gasteiger partial charge in [-0.3, -0.25) is 4.79 Å². The Balaban J connectivity index is 1.52. The topological polar surface area (TPSA) is 66.5 Å². The smallest absolute Gasteiger partial charge is 0.246 e. The minimum Gasteiger partial charge on any atom is -0.339 e. The molecule has 6 heteroatoms. The van der Waals surface area contributed by atoms with Gasteiger partial charge in [0.1, 0.15) is 0 Å². The molecule has 142 valence electrons. The number of piperidine rings is 1. The number of nitrogens with one attached hydrogen (secondary N) is 1. The maximum absolute atomic E-state index is 12.4. The van der Waals surface area contributed by atoms with E-state index in [9.17, 15) is 13.2 Å². The van der Waals surface area contributed by atoms with E-state index in [4.69, 9.17) is 0 Å². The molecular formula is C21H24N2O3S. The third-order valence-electron chi connectivity index (χ3n) is 4.68. The molecule has 3 rings (SSSR count). The molecule has 0 aromatic heterocycles. The first-order chi connectivity index (χ1) is 12.9. The number of likely N-dealkylation sites (tertiary alicyclic amines) is 1. The monoisotopic (exact) mass is 384 g/mol. The van der Waals surface area contributed by atoms with E-state index in [1.807, 2.05) is 37.3 Å². The predicted octanol–water partition coefficient (Wildman–Crippen LogP) is 2.98. The summed E-state index contributed by atoms with van der Waals surface area (Å²) in [6.07, 6.45) is 4.61. The van der Waals surface area contributed by atoms with Gasteiger partial charge in [-0.25, -0.2) is 13.1 Å². The van der Waals surface area contributed by atoms with E-state index in [1.54, 1.807) is 41.3 Å². The number of hydrogen-bond acceptors (Lipinski definition) is 3. The Hall–Kier alpha value is -2.44. The Morgan fingerprint density at radius 3 is 2.30 bits per heavy atom. The molecule has 2 aromatic carbocycles. The Kier molecular flexibility index (Phi) is 6.08. The molecule has 1 fully saturated rings. The second-order valence-corrected chi connectivity index (χ2v) is 8.49. The Bertz CT molecular complexity index is 898. The van der Waals surface area contributed by atoms with Crippen molar-refractivity contribution in [2.75, 3.05) is 13.1 Å². The number of sulfonamides is 1. The van der Waals surface area contributed by atoms with Gasteiger partial charge in [0.15, 0.2) is 0 Å². The lowest BCUT2D eigenvalue weighted by Gasteiger charge is -2.31. The van der Waals surface area contributed by atoms with Crippen LogP contribution in [0, 0.1) is 6.92 Å². The van der Waals surface area contributed by atoms with Gasteiger partial charge >= 0.3 is 0 Å². The minimum atomic E-state index is -3.51. The van der Waals surface area contributed by atoms with E-state index in [0.717, 1.165) is 5.56 Å². The van der Waals surface area contributed by atoms with Gasteiger partial charge < -0.3 is 4.90 Å². The lowest BCUT2D eigenvalue weighted by atomic mass is 10.1. The van der Waals surface area contributed by atoms with Crippen LogP contribution in [0.25, 0.3) is 6.08 Å². The molecule has 0 saturated carbocycles. The minimum absolute atomic E-state index is 0.0417. The van der Waals surface area contributed by atoms with Crippen LogP contribution in [0.4, 0.5) is 0 Å². The average molecular weight is 385 g/mol. The summed E-state index contributed by atoms with van der Waals surface area (Å²) in [6, 6.07) is 16.2. The summed E-state index contributed by atoms with van der Waals surface area (Å²) in [6.45, 7) is 3.10. The highest BCUT2D eigenvalue weighted by Gasteiger charge is 2.25. The van der Waals surface area contributed by atoms with Crippen molar-refractivity contribution in [2.24, 2.45) is 0 Å². The number of amides is 1. The van der Waals surface area contributed by atoms with Crippen LogP contribution >= 0.6 is 0 Å². The van der Waals surface area contributed by atoms with E-state index in [-0.39, 0.29) is 16.8 Å². The molecule has 1 N–H and O–H groups in total. The fourth-order valence-corrected chi connectivity index (χ4v) is 4.38. The van der Waals surface area contributed by atoms with Crippen molar-refractivity contribution >= 4 is 22.0 Å². The van der Waals surface area contributed by atoms with Crippen LogP contribution in [0.15, 0.2) is 65.6 Å². The highest BCUT2D eigenvalue weighted by Crippen LogP contribution is 2.15. The maximum atomic E-state index is 12.4. The molecule has 27 heavy (non-hydrogen) atoms. The number of carbonyl (C=O) groups excluding carboxylic acids is 1. The first-order valence-electron chi connectivity index (χ1n) is 9.05. The molecule has 1 aliphatic heterocycles. The van der Waals surface area contributed by atoms with Gasteiger partial charge in [0.2, 0.25) is 15.9 Å². The summed E-state index contributed by atoms with van der Waals surface area (Å²) in [7, 11) is -3.51. The fourth-order valence-electron chi connectivity index (χ4n) is 3.06. The van der Waals surface area contributed by atoms with E-state index >= 15 is 0 Å². The van der Waals surface area contributed by atoms with Crippen molar-refractivity contribution < 1.29 is 13.2 Å². The molecule has 1 aliphatic rings. The molecule has 5 nitrogen and oxygen atoms in total. The summed E-state index contributed by atoms with van der Waals surface area (Å²) < 4.78 is 27.5. The SMILES string of the molecule is Cc1ccc(/C=C/C(=O)N2CCC(NS(=O)(=O)c3ccccc3)CC2)cc1. The van der Waals surface area contributed by atoms with Gasteiger partial charge in [0, 0.05) is 25.2 Å². The average Bonchev–Trinajstić information content (AvgIpc) is 2.68. The Morgan fingerprint density at radius 1 is 1.04 bits per heavy atom. The number of carbonyl (C=O) groups is 1. The zero-order valence-electron chi connectivity index (χ0n) is 15.3. The van der Waals surface area contributed by atoms with E-state index in [1.165, 1.54) is 5.56 Å². The molecule has 0 aliphatic carbocycles. The quantitative estimate of drug-likeness (QED) is 0.806. The number of nitrogens with zero attached hydrogens (tertiary/aromatic N) is 1. The summed E-state index contributed by atoms with van der Waals surface area (Å²) in [5.74, 6) is -0.0417. The maximum Gasteiger partial charge on any atom is 0.246 e. The third-order valence-corrected chi connectivity index (χ3v) is 6.21. The van der Waals surface area contributed by atoms with Crippen molar-refractivity contribution in [3.8, 4) is 0 Å². The van der Waals surface area contributed by atoms with Crippen LogP contribution in [-0.2, 0) is 14.8 Å². The van der Waals surface area contributed by atoms with E-state index in [2.05, 4.69) is 4.72 Å². The van der Waals surface area contributed by atoms with Crippen LogP contribution in [0.1, 0.15) is 24.0 Å². The van der Waals surface area contributed by atoms with Gasteiger partial charge in [-0.2, -0.15) is 0 Å². The van der Waals surface area contributed by atoms with Crippen molar-refractivity contribution in [2.45, 2.75) is 30.7 Å². The molecule has 0 unspecified atom stereocenters.